The van der Waals surface area contributed by atoms with Crippen molar-refractivity contribution in [1.82, 2.24) is 0 Å². The van der Waals surface area contributed by atoms with Crippen LogP contribution in [0.2, 0.25) is 0 Å². The molecule has 0 atom stereocenters. The minimum absolute atomic E-state index is 0.0283. The van der Waals surface area contributed by atoms with Gasteiger partial charge in [-0.3, -0.25) is 10.1 Å². The zero-order valence-corrected chi connectivity index (χ0v) is 13.7. The second kappa shape index (κ2) is 6.70. The molecule has 5 nitrogen and oxygen atoms in total. The van der Waals surface area contributed by atoms with Crippen molar-refractivity contribution < 1.29 is 9.66 Å². The number of halogens is 2. The smallest absolute Gasteiger partial charge is 0.271 e. The van der Waals surface area contributed by atoms with Gasteiger partial charge in [0.05, 0.1) is 25.5 Å². The number of nitriles is 1. The lowest BCUT2D eigenvalue weighted by Gasteiger charge is -2.10. The molecule has 0 aromatic heterocycles. The molecule has 2 aromatic carbocycles. The van der Waals surface area contributed by atoms with E-state index in [1.54, 1.807) is 24.3 Å². The summed E-state index contributed by atoms with van der Waals surface area (Å²) in [5.41, 5.74) is 1.45. The lowest BCUT2D eigenvalue weighted by atomic mass is 10.2. The number of rotatable bonds is 4. The number of nitro groups is 1. The first-order valence-electron chi connectivity index (χ1n) is 5.76. The van der Waals surface area contributed by atoms with Gasteiger partial charge in [0.25, 0.3) is 5.69 Å². The van der Waals surface area contributed by atoms with Crippen molar-refractivity contribution in [2.45, 2.75) is 6.61 Å². The van der Waals surface area contributed by atoms with Gasteiger partial charge in [0.1, 0.15) is 12.4 Å². The van der Waals surface area contributed by atoms with Gasteiger partial charge in [0.2, 0.25) is 0 Å². The maximum Gasteiger partial charge on any atom is 0.271 e. The van der Waals surface area contributed by atoms with Crippen LogP contribution in [0.1, 0.15) is 11.1 Å². The van der Waals surface area contributed by atoms with Crippen molar-refractivity contribution in [3.8, 4) is 11.8 Å². The molecule has 0 N–H and O–H groups in total. The van der Waals surface area contributed by atoms with E-state index in [2.05, 4.69) is 31.9 Å². The summed E-state index contributed by atoms with van der Waals surface area (Å²) >= 11 is 6.52. The topological polar surface area (TPSA) is 76.2 Å². The van der Waals surface area contributed by atoms with E-state index in [9.17, 15) is 10.1 Å². The molecular weight excluding hydrogens is 404 g/mol. The highest BCUT2D eigenvalue weighted by Gasteiger charge is 2.15. The van der Waals surface area contributed by atoms with Crippen LogP contribution in [0.4, 0.5) is 5.69 Å². The van der Waals surface area contributed by atoms with Crippen molar-refractivity contribution in [2.24, 2.45) is 0 Å². The SMILES string of the molecule is N#Cc1ccc(COc2c(Br)cc([N+](=O)[O-])cc2Br)cc1. The predicted octanol–water partition coefficient (Wildman–Crippen LogP) is 4.57. The molecule has 2 rings (SSSR count). The van der Waals surface area contributed by atoms with E-state index < -0.39 is 4.92 Å². The number of nitrogens with zero attached hydrogens (tertiary/aromatic N) is 2. The summed E-state index contributed by atoms with van der Waals surface area (Å²) in [6, 6.07) is 11.8. The Kier molecular flexibility index (Phi) is 4.94. The van der Waals surface area contributed by atoms with Crippen LogP contribution < -0.4 is 4.74 Å². The van der Waals surface area contributed by atoms with E-state index in [0.717, 1.165) is 5.56 Å². The Balaban J connectivity index is 2.16. The van der Waals surface area contributed by atoms with E-state index in [1.807, 2.05) is 6.07 Å². The van der Waals surface area contributed by atoms with Crippen LogP contribution in [0.3, 0.4) is 0 Å². The first-order chi connectivity index (χ1) is 10.0. The number of non-ortho nitro benzene ring substituents is 1. The molecule has 0 saturated heterocycles. The zero-order valence-electron chi connectivity index (χ0n) is 10.5. The fraction of sp³-hybridized carbons (Fsp3) is 0.0714. The van der Waals surface area contributed by atoms with Crippen LogP contribution >= 0.6 is 31.9 Å². The number of nitro benzene ring substituents is 1. The molecule has 0 fully saturated rings. The fourth-order valence-electron chi connectivity index (χ4n) is 1.62. The van der Waals surface area contributed by atoms with Gasteiger partial charge in [-0.1, -0.05) is 12.1 Å². The normalized spacial score (nSPS) is 9.95. The average Bonchev–Trinajstić information content (AvgIpc) is 2.46. The number of ether oxygens (including phenoxy) is 1. The van der Waals surface area contributed by atoms with Crippen molar-refractivity contribution in [3.63, 3.8) is 0 Å². The molecule has 0 bridgehead atoms. The van der Waals surface area contributed by atoms with Crippen molar-refractivity contribution >= 4 is 37.5 Å². The second-order valence-corrected chi connectivity index (χ2v) is 5.80. The quantitative estimate of drug-likeness (QED) is 0.545. The lowest BCUT2D eigenvalue weighted by molar-refractivity contribution is -0.385. The Hall–Kier alpha value is -1.91. The molecule has 21 heavy (non-hydrogen) atoms. The molecule has 0 saturated carbocycles. The minimum Gasteiger partial charge on any atom is -0.487 e. The van der Waals surface area contributed by atoms with E-state index in [1.165, 1.54) is 12.1 Å². The Morgan fingerprint density at radius 3 is 2.24 bits per heavy atom. The first kappa shape index (κ1) is 15.5. The van der Waals surface area contributed by atoms with Gasteiger partial charge in [-0.25, -0.2) is 0 Å². The monoisotopic (exact) mass is 410 g/mol. The van der Waals surface area contributed by atoms with Crippen molar-refractivity contribution in [1.29, 1.82) is 5.26 Å². The third kappa shape index (κ3) is 3.80. The molecular formula is C14H8Br2N2O3. The lowest BCUT2D eigenvalue weighted by Crippen LogP contribution is -1.98. The van der Waals surface area contributed by atoms with Gasteiger partial charge < -0.3 is 4.74 Å². The summed E-state index contributed by atoms with van der Waals surface area (Å²) in [5, 5.41) is 19.5. The number of hydrogen-bond acceptors (Lipinski definition) is 4. The third-order valence-corrected chi connectivity index (χ3v) is 3.84. The van der Waals surface area contributed by atoms with Crippen LogP contribution in [0.25, 0.3) is 0 Å². The Morgan fingerprint density at radius 2 is 1.76 bits per heavy atom. The third-order valence-electron chi connectivity index (χ3n) is 2.66. The molecule has 7 heteroatoms. The second-order valence-electron chi connectivity index (χ2n) is 4.09. The summed E-state index contributed by atoms with van der Waals surface area (Å²) in [5.74, 6) is 0.491. The zero-order chi connectivity index (χ0) is 15.4. The molecule has 0 amide bonds. The molecule has 0 heterocycles. The van der Waals surface area contributed by atoms with Gasteiger partial charge in [0, 0.05) is 12.1 Å². The van der Waals surface area contributed by atoms with Crippen LogP contribution in [-0.2, 0) is 6.61 Å². The molecule has 2 aromatic rings. The van der Waals surface area contributed by atoms with E-state index >= 15 is 0 Å². The Morgan fingerprint density at radius 1 is 1.19 bits per heavy atom. The molecule has 0 spiro atoms. The highest BCUT2D eigenvalue weighted by atomic mass is 79.9. The summed E-state index contributed by atoms with van der Waals surface area (Å²) < 4.78 is 6.66. The predicted molar refractivity (Wildman–Crippen MR) is 84.0 cm³/mol. The molecule has 106 valence electrons. The molecule has 0 unspecified atom stereocenters. The van der Waals surface area contributed by atoms with Crippen molar-refractivity contribution in [3.05, 3.63) is 66.6 Å². The largest absolute Gasteiger partial charge is 0.487 e. The van der Waals surface area contributed by atoms with E-state index in [0.29, 0.717) is 26.9 Å². The Bertz CT molecular complexity index is 701. The Labute approximate surface area is 137 Å². The summed E-state index contributed by atoms with van der Waals surface area (Å²) in [4.78, 5) is 10.3. The molecule has 0 radical (unpaired) electrons. The first-order valence-corrected chi connectivity index (χ1v) is 7.35. The summed E-state index contributed by atoms with van der Waals surface area (Å²) in [6.45, 7) is 0.292. The van der Waals surface area contributed by atoms with Crippen LogP contribution in [0.15, 0.2) is 45.3 Å². The number of benzene rings is 2. The minimum atomic E-state index is -0.472. The summed E-state index contributed by atoms with van der Waals surface area (Å²) in [7, 11) is 0. The van der Waals surface area contributed by atoms with E-state index in [4.69, 9.17) is 10.00 Å². The summed E-state index contributed by atoms with van der Waals surface area (Å²) in [6.07, 6.45) is 0. The standard InChI is InChI=1S/C14H8Br2N2O3/c15-12-5-11(18(19)20)6-13(16)14(12)21-8-10-3-1-9(7-17)2-4-10/h1-6H,8H2. The maximum absolute atomic E-state index is 10.8. The van der Waals surface area contributed by atoms with Gasteiger partial charge in [-0.15, -0.1) is 0 Å². The maximum atomic E-state index is 10.8. The number of hydrogen-bond donors (Lipinski definition) is 0. The average molecular weight is 412 g/mol. The van der Waals surface area contributed by atoms with Gasteiger partial charge in [-0.05, 0) is 49.6 Å². The fourth-order valence-corrected chi connectivity index (χ4v) is 3.01. The van der Waals surface area contributed by atoms with Gasteiger partial charge in [-0.2, -0.15) is 5.26 Å². The highest BCUT2D eigenvalue weighted by Crippen LogP contribution is 2.37. The van der Waals surface area contributed by atoms with Crippen LogP contribution in [-0.4, -0.2) is 4.92 Å². The molecule has 0 aliphatic rings. The molecule has 0 aliphatic heterocycles. The molecule has 0 aliphatic carbocycles. The van der Waals surface area contributed by atoms with Gasteiger partial charge in [0.15, 0.2) is 0 Å². The highest BCUT2D eigenvalue weighted by molar-refractivity contribution is 9.11. The van der Waals surface area contributed by atoms with Crippen LogP contribution in [0.5, 0.6) is 5.75 Å². The van der Waals surface area contributed by atoms with E-state index in [-0.39, 0.29) is 5.69 Å². The van der Waals surface area contributed by atoms with Crippen molar-refractivity contribution in [2.75, 3.05) is 0 Å². The van der Waals surface area contributed by atoms with Crippen LogP contribution in [0, 0.1) is 21.4 Å². The van der Waals surface area contributed by atoms with Gasteiger partial charge >= 0.3 is 0 Å².